The van der Waals surface area contributed by atoms with Gasteiger partial charge in [0.2, 0.25) is 0 Å². The van der Waals surface area contributed by atoms with Gasteiger partial charge in [-0.15, -0.1) is 0 Å². The van der Waals surface area contributed by atoms with Crippen molar-refractivity contribution < 1.29 is 13.6 Å². The van der Waals surface area contributed by atoms with Crippen molar-refractivity contribution in [1.82, 2.24) is 9.13 Å². The molecule has 8 nitrogen and oxygen atoms in total. The fraction of sp³-hybridized carbons (Fsp3) is 0.778. The van der Waals surface area contributed by atoms with Crippen LogP contribution in [0.4, 0.5) is 0 Å². The predicted molar refractivity (Wildman–Crippen MR) is 104 cm³/mol. The highest BCUT2D eigenvalue weighted by Crippen LogP contribution is 2.43. The fourth-order valence-electron chi connectivity index (χ4n) is 4.19. The van der Waals surface area contributed by atoms with Crippen molar-refractivity contribution in [2.75, 3.05) is 13.2 Å². The average Bonchev–Trinajstić information content (AvgIpc) is 3.03. The first-order chi connectivity index (χ1) is 12.7. The molecule has 2 aliphatic heterocycles. The van der Waals surface area contributed by atoms with E-state index >= 15 is 0 Å². The summed E-state index contributed by atoms with van der Waals surface area (Å²) in [5, 5.41) is 0. The van der Waals surface area contributed by atoms with E-state index in [4.69, 9.17) is 19.3 Å². The van der Waals surface area contributed by atoms with Crippen LogP contribution in [0.25, 0.3) is 0 Å². The van der Waals surface area contributed by atoms with E-state index in [1.54, 1.807) is 13.1 Å². The third kappa shape index (κ3) is 3.47. The van der Waals surface area contributed by atoms with Gasteiger partial charge in [-0.1, -0.05) is 27.7 Å². The number of fused-ring (bicyclic) bond motifs is 1. The molecule has 0 amide bonds. The molecule has 0 radical (unpaired) electrons. The van der Waals surface area contributed by atoms with Gasteiger partial charge in [0.1, 0.15) is 12.3 Å². The molecule has 3 heterocycles. The van der Waals surface area contributed by atoms with Gasteiger partial charge in [0, 0.05) is 31.3 Å². The van der Waals surface area contributed by atoms with Crippen LogP contribution in [-0.2, 0) is 20.1 Å². The second-order valence-electron chi connectivity index (χ2n) is 8.11. The lowest BCUT2D eigenvalue weighted by Gasteiger charge is -2.44. The van der Waals surface area contributed by atoms with E-state index in [0.717, 1.165) is 0 Å². The summed E-state index contributed by atoms with van der Waals surface area (Å²) in [4.78, 5) is 25.0. The molecule has 3 atom stereocenters. The van der Waals surface area contributed by atoms with Gasteiger partial charge in [-0.05, 0) is 18.0 Å². The van der Waals surface area contributed by atoms with E-state index in [-0.39, 0.29) is 30.9 Å². The fourth-order valence-corrected chi connectivity index (χ4v) is 7.95. The molecule has 2 aliphatic rings. The number of hydrogen-bond donors (Lipinski definition) is 1. The predicted octanol–water partition coefficient (Wildman–Crippen LogP) is 1.24. The van der Waals surface area contributed by atoms with Crippen LogP contribution in [-0.4, -0.2) is 43.1 Å². The lowest BCUT2D eigenvalue weighted by molar-refractivity contribution is -0.0756. The zero-order valence-electron chi connectivity index (χ0n) is 16.8. The van der Waals surface area contributed by atoms with Crippen molar-refractivity contribution in [3.05, 3.63) is 32.6 Å². The number of nitrogens with zero attached hydrogens (tertiary/aromatic N) is 2. The molecule has 1 aromatic rings. The maximum atomic E-state index is 12.8. The monoisotopic (exact) mass is 397 g/mol. The summed E-state index contributed by atoms with van der Waals surface area (Å²) in [6.45, 7) is 11.2. The Kier molecular flexibility index (Phi) is 5.79. The van der Waals surface area contributed by atoms with E-state index in [1.807, 2.05) is 0 Å². The van der Waals surface area contributed by atoms with Crippen molar-refractivity contribution in [2.45, 2.75) is 77.1 Å². The van der Waals surface area contributed by atoms with Crippen LogP contribution in [0.5, 0.6) is 0 Å². The highest BCUT2D eigenvalue weighted by Gasteiger charge is 2.54. The molecule has 0 aromatic carbocycles. The molecule has 3 rings (SSSR count). The van der Waals surface area contributed by atoms with Crippen LogP contribution >= 0.6 is 0 Å². The quantitative estimate of drug-likeness (QED) is 0.751. The summed E-state index contributed by atoms with van der Waals surface area (Å²) in [6, 6.07) is 0. The summed E-state index contributed by atoms with van der Waals surface area (Å²) in [5.74, 6) is 0. The molecular weight excluding hydrogens is 366 g/mol. The number of nitrogens with two attached hydrogens (primary N) is 1. The lowest BCUT2D eigenvalue weighted by atomic mass is 10.2. The second kappa shape index (κ2) is 7.63. The standard InChI is InChI=1S/C18H31N3O5Si/c1-11(2)27(12(3)4)24-10-15-14(26-27)8-16(25-15)21-9-13(5)17(22)20(7-6-19)18(21)23/h9,11-12,14-16H,6-8,10,19H2,1-5H3/t14-,15+,16+/m0/s1. The molecule has 27 heavy (non-hydrogen) atoms. The molecule has 2 fully saturated rings. The normalized spacial score (nSPS) is 27.3. The molecule has 0 spiro atoms. The summed E-state index contributed by atoms with van der Waals surface area (Å²) in [7, 11) is -2.35. The maximum Gasteiger partial charge on any atom is 0.343 e. The van der Waals surface area contributed by atoms with Gasteiger partial charge in [-0.2, -0.15) is 0 Å². The Balaban J connectivity index is 1.89. The van der Waals surface area contributed by atoms with Crippen LogP contribution in [0.15, 0.2) is 15.8 Å². The van der Waals surface area contributed by atoms with Crippen molar-refractivity contribution >= 4 is 8.56 Å². The molecule has 152 valence electrons. The average molecular weight is 398 g/mol. The van der Waals surface area contributed by atoms with E-state index in [1.165, 1.54) is 9.13 Å². The van der Waals surface area contributed by atoms with Crippen LogP contribution in [0.1, 0.15) is 45.9 Å². The Morgan fingerprint density at radius 2 is 1.89 bits per heavy atom. The third-order valence-corrected chi connectivity index (χ3v) is 10.1. The van der Waals surface area contributed by atoms with E-state index < -0.39 is 20.5 Å². The van der Waals surface area contributed by atoms with Gasteiger partial charge in [0.15, 0.2) is 0 Å². The molecule has 9 heteroatoms. The zero-order valence-corrected chi connectivity index (χ0v) is 17.8. The van der Waals surface area contributed by atoms with E-state index in [2.05, 4.69) is 27.7 Å². The largest absolute Gasteiger partial charge is 0.391 e. The Labute approximate surface area is 160 Å². The van der Waals surface area contributed by atoms with E-state index in [9.17, 15) is 9.59 Å². The Morgan fingerprint density at radius 3 is 2.48 bits per heavy atom. The molecule has 0 unspecified atom stereocenters. The first kappa shape index (κ1) is 20.5. The topological polar surface area (TPSA) is 97.7 Å². The van der Waals surface area contributed by atoms with Gasteiger partial charge < -0.3 is 19.3 Å². The number of aromatic nitrogens is 2. The van der Waals surface area contributed by atoms with Gasteiger partial charge in [0.25, 0.3) is 5.56 Å². The molecule has 2 saturated heterocycles. The first-order valence-corrected chi connectivity index (χ1v) is 11.7. The molecule has 0 aliphatic carbocycles. The summed E-state index contributed by atoms with van der Waals surface area (Å²) >= 11 is 0. The van der Waals surface area contributed by atoms with Crippen molar-refractivity contribution in [3.8, 4) is 0 Å². The third-order valence-electron chi connectivity index (χ3n) is 5.63. The van der Waals surface area contributed by atoms with Crippen LogP contribution in [0.2, 0.25) is 11.1 Å². The van der Waals surface area contributed by atoms with Crippen molar-refractivity contribution in [2.24, 2.45) is 5.73 Å². The zero-order chi connectivity index (χ0) is 19.9. The van der Waals surface area contributed by atoms with E-state index in [0.29, 0.717) is 29.7 Å². The van der Waals surface area contributed by atoms with Crippen molar-refractivity contribution in [3.63, 3.8) is 0 Å². The van der Waals surface area contributed by atoms with Crippen LogP contribution < -0.4 is 17.0 Å². The van der Waals surface area contributed by atoms with Gasteiger partial charge in [0.05, 0.1) is 12.7 Å². The first-order valence-electron chi connectivity index (χ1n) is 9.71. The molecule has 2 N–H and O–H groups in total. The molecule has 0 saturated carbocycles. The van der Waals surface area contributed by atoms with Gasteiger partial charge in [-0.3, -0.25) is 13.9 Å². The SMILES string of the molecule is Cc1cn([C@H]2C[C@@H]3O[Si](C(C)C)(C(C)C)OC[C@H]3O2)c(=O)n(CCN)c1=O. The summed E-state index contributed by atoms with van der Waals surface area (Å²) in [5.41, 5.74) is 6.02. The maximum absolute atomic E-state index is 12.8. The van der Waals surface area contributed by atoms with Crippen molar-refractivity contribution in [1.29, 1.82) is 0 Å². The Morgan fingerprint density at radius 1 is 1.22 bits per heavy atom. The lowest BCUT2D eigenvalue weighted by Crippen LogP contribution is -2.57. The highest BCUT2D eigenvalue weighted by atomic mass is 28.4. The number of ether oxygens (including phenoxy) is 1. The minimum atomic E-state index is -2.35. The van der Waals surface area contributed by atoms with Crippen LogP contribution in [0, 0.1) is 6.92 Å². The minimum absolute atomic E-state index is 0.0951. The smallest absolute Gasteiger partial charge is 0.343 e. The van der Waals surface area contributed by atoms with Crippen LogP contribution in [0.3, 0.4) is 0 Å². The summed E-state index contributed by atoms with van der Waals surface area (Å²) < 4.78 is 21.6. The highest BCUT2D eigenvalue weighted by molar-refractivity contribution is 6.70. The Hall–Kier alpha value is -1.26. The second-order valence-corrected chi connectivity index (χ2v) is 12.4. The number of rotatable bonds is 5. The molecule has 1 aromatic heterocycles. The van der Waals surface area contributed by atoms with Gasteiger partial charge in [-0.25, -0.2) is 4.79 Å². The Bertz CT molecular complexity index is 795. The number of hydrogen-bond acceptors (Lipinski definition) is 6. The van der Waals surface area contributed by atoms with Gasteiger partial charge >= 0.3 is 14.3 Å². The molecular formula is C18H31N3O5Si. The minimum Gasteiger partial charge on any atom is -0.391 e. The summed E-state index contributed by atoms with van der Waals surface area (Å²) in [6.07, 6.45) is 1.39. The molecule has 0 bridgehead atoms. The number of aryl methyl sites for hydroxylation is 1.